The number of hydrogen-bond acceptors (Lipinski definition) is 6. The van der Waals surface area contributed by atoms with Crippen LogP contribution in [0.5, 0.6) is 5.19 Å². The van der Waals surface area contributed by atoms with Crippen molar-refractivity contribution < 1.29 is 39.4 Å². The number of ether oxygens (including phenoxy) is 1. The molecule has 2 aromatic rings. The van der Waals surface area contributed by atoms with E-state index in [1.807, 2.05) is 18.2 Å². The van der Waals surface area contributed by atoms with Gasteiger partial charge in [0.25, 0.3) is 5.19 Å². The van der Waals surface area contributed by atoms with Crippen LogP contribution in [0.2, 0.25) is 0 Å². The molecule has 1 aromatic heterocycles. The van der Waals surface area contributed by atoms with Crippen molar-refractivity contribution in [1.82, 2.24) is 14.8 Å². The molecule has 2 aliphatic rings. The third-order valence-corrected chi connectivity index (χ3v) is 6.58. The Hall–Kier alpha value is -0.210. The fraction of sp³-hybridized carbons (Fsp3) is 0.696. The van der Waals surface area contributed by atoms with E-state index < -0.39 is 0 Å². The van der Waals surface area contributed by atoms with Crippen LogP contribution in [0.4, 0.5) is 0 Å². The van der Waals surface area contributed by atoms with Crippen molar-refractivity contribution >= 4 is 21.6 Å². The summed E-state index contributed by atoms with van der Waals surface area (Å²) in [6.45, 7) is 8.03. The summed E-state index contributed by atoms with van der Waals surface area (Å²) in [5.74, 6) is 0. The minimum Gasteiger partial charge on any atom is -0.854 e. The van der Waals surface area contributed by atoms with E-state index in [-0.39, 0.29) is 36.2 Å². The Labute approximate surface area is 208 Å². The SMILES string of the molecule is [Na+].[O-]CCCN1CCCCC1.c1ccc2sc(OCCCN3CCCCC3)nc2c1. The van der Waals surface area contributed by atoms with E-state index in [2.05, 4.69) is 20.9 Å². The first-order valence-corrected chi connectivity index (χ1v) is 12.2. The van der Waals surface area contributed by atoms with Crippen LogP contribution in [-0.2, 0) is 0 Å². The molecule has 0 bridgehead atoms. The molecule has 0 N–H and O–H groups in total. The molecule has 0 radical (unpaired) electrons. The summed E-state index contributed by atoms with van der Waals surface area (Å²) in [6.07, 6.45) is 10.1. The van der Waals surface area contributed by atoms with Gasteiger partial charge in [-0.1, -0.05) is 42.7 Å². The van der Waals surface area contributed by atoms with E-state index in [4.69, 9.17) is 4.74 Å². The Kier molecular flexibility index (Phi) is 13.5. The van der Waals surface area contributed by atoms with E-state index >= 15 is 0 Å². The van der Waals surface area contributed by atoms with Crippen LogP contribution in [0.15, 0.2) is 24.3 Å². The van der Waals surface area contributed by atoms with E-state index in [0.29, 0.717) is 0 Å². The zero-order valence-corrected chi connectivity index (χ0v) is 21.5. The van der Waals surface area contributed by atoms with Crippen LogP contribution in [0, 0.1) is 0 Å². The average molecular weight is 442 g/mol. The van der Waals surface area contributed by atoms with Crippen LogP contribution in [-0.4, -0.2) is 67.3 Å². The molecule has 3 heterocycles. The molecule has 0 amide bonds. The largest absolute Gasteiger partial charge is 1.00 e. The molecule has 2 saturated heterocycles. The van der Waals surface area contributed by atoms with Gasteiger partial charge in [0, 0.05) is 6.54 Å². The molecule has 162 valence electrons. The van der Waals surface area contributed by atoms with Crippen molar-refractivity contribution in [3.8, 4) is 5.19 Å². The summed E-state index contributed by atoms with van der Waals surface area (Å²) >= 11 is 1.64. The number of thiazole rings is 1. The Morgan fingerprint density at radius 3 is 2.07 bits per heavy atom. The predicted molar refractivity (Wildman–Crippen MR) is 120 cm³/mol. The van der Waals surface area contributed by atoms with Gasteiger partial charge in [0.2, 0.25) is 0 Å². The van der Waals surface area contributed by atoms with Gasteiger partial charge in [-0.25, -0.2) is 4.98 Å². The van der Waals surface area contributed by atoms with Crippen molar-refractivity contribution in [2.24, 2.45) is 0 Å². The summed E-state index contributed by atoms with van der Waals surface area (Å²) in [4.78, 5) is 9.43. The average Bonchev–Trinajstić information content (AvgIpc) is 3.20. The van der Waals surface area contributed by atoms with E-state index in [1.165, 1.54) is 69.4 Å². The third kappa shape index (κ3) is 9.51. The van der Waals surface area contributed by atoms with Gasteiger partial charge in [0.1, 0.15) is 0 Å². The van der Waals surface area contributed by atoms with Crippen LogP contribution in [0.25, 0.3) is 10.2 Å². The second-order valence-corrected chi connectivity index (χ2v) is 9.00. The van der Waals surface area contributed by atoms with Crippen LogP contribution >= 0.6 is 11.3 Å². The Morgan fingerprint density at radius 1 is 0.867 bits per heavy atom. The number of para-hydroxylation sites is 1. The molecule has 0 unspecified atom stereocenters. The molecule has 4 rings (SSSR count). The van der Waals surface area contributed by atoms with Crippen molar-refractivity contribution in [2.45, 2.75) is 51.4 Å². The van der Waals surface area contributed by atoms with Gasteiger partial charge in [0.05, 0.1) is 16.8 Å². The molecule has 30 heavy (non-hydrogen) atoms. The summed E-state index contributed by atoms with van der Waals surface area (Å²) in [6, 6.07) is 8.18. The first-order valence-electron chi connectivity index (χ1n) is 11.4. The molecule has 2 aliphatic heterocycles. The molecule has 7 heteroatoms. The first-order chi connectivity index (χ1) is 14.3. The van der Waals surface area contributed by atoms with Gasteiger partial charge in [-0.05, 0) is 77.0 Å². The summed E-state index contributed by atoms with van der Waals surface area (Å²) in [5, 5.41) is 11.0. The third-order valence-electron chi connectivity index (χ3n) is 5.63. The van der Waals surface area contributed by atoms with Crippen LogP contribution < -0.4 is 39.4 Å². The number of hydrogen-bond donors (Lipinski definition) is 0. The zero-order chi connectivity index (χ0) is 20.2. The van der Waals surface area contributed by atoms with E-state index in [0.717, 1.165) is 43.2 Å². The molecule has 0 spiro atoms. The number of benzene rings is 1. The number of rotatable bonds is 8. The Balaban J connectivity index is 0.000000249. The minimum absolute atomic E-state index is 0. The number of piperidine rings is 2. The van der Waals surface area contributed by atoms with Gasteiger partial charge >= 0.3 is 29.6 Å². The normalized spacial score (nSPS) is 17.8. The van der Waals surface area contributed by atoms with Gasteiger partial charge in [0.15, 0.2) is 0 Å². The molecular weight excluding hydrogens is 405 g/mol. The maximum Gasteiger partial charge on any atom is 1.00 e. The fourth-order valence-electron chi connectivity index (χ4n) is 4.01. The number of aromatic nitrogens is 1. The van der Waals surface area contributed by atoms with Crippen molar-refractivity contribution in [3.05, 3.63) is 24.3 Å². The van der Waals surface area contributed by atoms with Crippen molar-refractivity contribution in [3.63, 3.8) is 0 Å². The van der Waals surface area contributed by atoms with Crippen LogP contribution in [0.1, 0.15) is 51.4 Å². The minimum atomic E-state index is 0. The van der Waals surface area contributed by atoms with E-state index in [1.54, 1.807) is 11.3 Å². The molecular formula is C23H36N3NaO2S. The van der Waals surface area contributed by atoms with Gasteiger partial charge in [-0.2, -0.15) is 0 Å². The Bertz CT molecular complexity index is 655. The van der Waals surface area contributed by atoms with Crippen molar-refractivity contribution in [2.75, 3.05) is 52.5 Å². The summed E-state index contributed by atoms with van der Waals surface area (Å²) in [5.41, 5.74) is 1.04. The molecule has 0 aliphatic carbocycles. The maximum atomic E-state index is 10.1. The van der Waals surface area contributed by atoms with Crippen LogP contribution in [0.3, 0.4) is 0 Å². The molecule has 1 aromatic carbocycles. The quantitative estimate of drug-likeness (QED) is 0.448. The number of nitrogens with zero attached hydrogens (tertiary/aromatic N) is 3. The topological polar surface area (TPSA) is 51.7 Å². The molecule has 5 nitrogen and oxygen atoms in total. The molecule has 0 atom stereocenters. The summed E-state index contributed by atoms with van der Waals surface area (Å²) < 4.78 is 6.97. The predicted octanol–water partition coefficient (Wildman–Crippen LogP) is 0.778. The van der Waals surface area contributed by atoms with Crippen molar-refractivity contribution in [1.29, 1.82) is 0 Å². The first kappa shape index (κ1) is 26.0. The standard InChI is InChI=1S/C15H20N2OS.C8H16NO.Na/c1-4-9-17(10-5-1)11-6-12-18-15-16-13-7-2-3-8-14(13)19-15;10-8-4-7-9-5-2-1-3-6-9;/h2-3,7-8H,1,4-6,9-12H2;1-8H2;/q;-1;+1. The summed E-state index contributed by atoms with van der Waals surface area (Å²) in [7, 11) is 0. The van der Waals surface area contributed by atoms with Gasteiger partial charge < -0.3 is 19.6 Å². The van der Waals surface area contributed by atoms with Gasteiger partial charge in [-0.3, -0.25) is 0 Å². The van der Waals surface area contributed by atoms with E-state index in [9.17, 15) is 5.11 Å². The monoisotopic (exact) mass is 441 g/mol. The molecule has 0 saturated carbocycles. The second-order valence-electron chi connectivity index (χ2n) is 8.01. The number of fused-ring (bicyclic) bond motifs is 1. The fourth-order valence-corrected chi connectivity index (χ4v) is 4.85. The smallest absolute Gasteiger partial charge is 0.854 e. The zero-order valence-electron chi connectivity index (χ0n) is 18.7. The van der Waals surface area contributed by atoms with Gasteiger partial charge in [-0.15, -0.1) is 6.61 Å². The molecule has 2 fully saturated rings. The number of likely N-dealkylation sites (tertiary alicyclic amines) is 2. The maximum absolute atomic E-state index is 10.1. The Morgan fingerprint density at radius 2 is 1.47 bits per heavy atom. The second kappa shape index (κ2) is 15.6.